The van der Waals surface area contributed by atoms with Crippen LogP contribution in [-0.4, -0.2) is 28.2 Å². The van der Waals surface area contributed by atoms with Crippen molar-refractivity contribution in [3.05, 3.63) is 78.0 Å². The van der Waals surface area contributed by atoms with E-state index in [4.69, 9.17) is 4.74 Å². The Labute approximate surface area is 164 Å². The van der Waals surface area contributed by atoms with Crippen molar-refractivity contribution in [3.8, 4) is 28.3 Å². The van der Waals surface area contributed by atoms with Crippen LogP contribution in [0, 0.1) is 11.6 Å². The minimum Gasteiger partial charge on any atom is -0.496 e. The van der Waals surface area contributed by atoms with E-state index < -0.39 is 17.6 Å². The van der Waals surface area contributed by atoms with Crippen LogP contribution in [-0.2, 0) is 0 Å². The van der Waals surface area contributed by atoms with Crippen molar-refractivity contribution in [2.24, 2.45) is 0 Å². The van der Waals surface area contributed by atoms with Crippen molar-refractivity contribution in [1.82, 2.24) is 9.97 Å². The molecule has 0 bridgehead atoms. The maximum atomic E-state index is 14.2. The number of hydrogen-bond acceptors (Lipinski definition) is 4. The van der Waals surface area contributed by atoms with Crippen LogP contribution in [0.1, 0.15) is 10.4 Å². The monoisotopic (exact) mass is 392 g/mol. The van der Waals surface area contributed by atoms with Gasteiger partial charge in [-0.05, 0) is 30.3 Å². The summed E-state index contributed by atoms with van der Waals surface area (Å²) in [6.45, 7) is 0. The summed E-state index contributed by atoms with van der Waals surface area (Å²) in [7, 11) is 1.45. The van der Waals surface area contributed by atoms with Crippen LogP contribution in [0.15, 0.2) is 60.8 Å². The number of nitrogens with zero attached hydrogens (tertiary/aromatic N) is 2. The third-order valence-electron chi connectivity index (χ3n) is 4.51. The summed E-state index contributed by atoms with van der Waals surface area (Å²) in [6.07, 6.45) is 1.45. The van der Waals surface area contributed by atoms with E-state index in [0.29, 0.717) is 28.1 Å². The molecule has 29 heavy (non-hydrogen) atoms. The number of pyridine rings is 2. The summed E-state index contributed by atoms with van der Waals surface area (Å²) < 4.78 is 33.1. The van der Waals surface area contributed by atoms with Gasteiger partial charge in [-0.3, -0.25) is 4.98 Å². The topological polar surface area (TPSA) is 72.3 Å². The lowest BCUT2D eigenvalue weighted by molar-refractivity contribution is 0.0699. The first-order chi connectivity index (χ1) is 14.0. The van der Waals surface area contributed by atoms with E-state index in [1.54, 1.807) is 24.3 Å². The standard InChI is InChI=1S/C22H14F2N2O3/c1-29-21-10-19(25-11-16(21)13-4-2-3-5-17(13)24)20-9-15(22(27)28)14-8-12(23)6-7-18(14)26-20/h2-11H,1H3,(H,27,28). The smallest absolute Gasteiger partial charge is 0.336 e. The maximum absolute atomic E-state index is 14.2. The number of aromatic nitrogens is 2. The van der Waals surface area contributed by atoms with Crippen molar-refractivity contribution in [3.63, 3.8) is 0 Å². The minimum atomic E-state index is -1.21. The average molecular weight is 392 g/mol. The van der Waals surface area contributed by atoms with E-state index in [2.05, 4.69) is 9.97 Å². The molecule has 7 heteroatoms. The van der Waals surface area contributed by atoms with Crippen molar-refractivity contribution in [2.45, 2.75) is 0 Å². The second kappa shape index (κ2) is 7.27. The van der Waals surface area contributed by atoms with Crippen molar-refractivity contribution in [2.75, 3.05) is 7.11 Å². The summed E-state index contributed by atoms with van der Waals surface area (Å²) in [5, 5.41) is 9.72. The quantitative estimate of drug-likeness (QED) is 0.532. The number of halogens is 2. The first kappa shape index (κ1) is 18.5. The van der Waals surface area contributed by atoms with Gasteiger partial charge in [0.1, 0.15) is 17.4 Å². The highest BCUT2D eigenvalue weighted by atomic mass is 19.1. The van der Waals surface area contributed by atoms with Gasteiger partial charge in [0, 0.05) is 28.8 Å². The fraction of sp³-hybridized carbons (Fsp3) is 0.0455. The van der Waals surface area contributed by atoms with Gasteiger partial charge >= 0.3 is 5.97 Å². The van der Waals surface area contributed by atoms with Crippen molar-refractivity contribution in [1.29, 1.82) is 0 Å². The zero-order chi connectivity index (χ0) is 20.5. The van der Waals surface area contributed by atoms with Gasteiger partial charge in [0.15, 0.2) is 0 Å². The highest BCUT2D eigenvalue weighted by Crippen LogP contribution is 2.34. The van der Waals surface area contributed by atoms with E-state index in [0.717, 1.165) is 6.07 Å². The molecule has 4 rings (SSSR count). The predicted octanol–water partition coefficient (Wildman–Crippen LogP) is 4.95. The zero-order valence-electron chi connectivity index (χ0n) is 15.2. The fourth-order valence-electron chi connectivity index (χ4n) is 3.13. The molecular weight excluding hydrogens is 378 g/mol. The lowest BCUT2D eigenvalue weighted by Crippen LogP contribution is -2.02. The number of carboxylic acid groups (broad SMARTS) is 1. The molecule has 0 aliphatic carbocycles. The molecule has 0 saturated heterocycles. The van der Waals surface area contributed by atoms with Gasteiger partial charge in [0.2, 0.25) is 0 Å². The Balaban J connectivity index is 1.89. The molecule has 1 N–H and O–H groups in total. The normalized spacial score (nSPS) is 10.9. The summed E-state index contributed by atoms with van der Waals surface area (Å²) in [5.74, 6) is -1.82. The van der Waals surface area contributed by atoms with Gasteiger partial charge in [-0.15, -0.1) is 0 Å². The summed E-state index contributed by atoms with van der Waals surface area (Å²) in [6, 6.07) is 12.9. The summed E-state index contributed by atoms with van der Waals surface area (Å²) in [5.41, 5.74) is 1.63. The van der Waals surface area contributed by atoms with Crippen LogP contribution in [0.2, 0.25) is 0 Å². The largest absolute Gasteiger partial charge is 0.496 e. The van der Waals surface area contributed by atoms with E-state index in [1.807, 2.05) is 0 Å². The number of ether oxygens (including phenoxy) is 1. The zero-order valence-corrected chi connectivity index (χ0v) is 15.2. The number of rotatable bonds is 4. The van der Waals surface area contributed by atoms with Crippen LogP contribution in [0.5, 0.6) is 5.75 Å². The Kier molecular flexibility index (Phi) is 4.64. The molecule has 5 nitrogen and oxygen atoms in total. The second-order valence-corrected chi connectivity index (χ2v) is 6.27. The average Bonchev–Trinajstić information content (AvgIpc) is 2.73. The Bertz CT molecular complexity index is 1260. The van der Waals surface area contributed by atoms with E-state index in [9.17, 15) is 18.7 Å². The van der Waals surface area contributed by atoms with Gasteiger partial charge in [-0.1, -0.05) is 18.2 Å². The van der Waals surface area contributed by atoms with Gasteiger partial charge < -0.3 is 9.84 Å². The van der Waals surface area contributed by atoms with E-state index in [-0.39, 0.29) is 16.6 Å². The number of methoxy groups -OCH3 is 1. The van der Waals surface area contributed by atoms with Crippen LogP contribution < -0.4 is 4.74 Å². The maximum Gasteiger partial charge on any atom is 0.336 e. The molecule has 0 aliphatic heterocycles. The molecule has 0 amide bonds. The number of carboxylic acids is 1. The fourth-order valence-corrected chi connectivity index (χ4v) is 3.13. The van der Waals surface area contributed by atoms with Gasteiger partial charge in [0.05, 0.1) is 29.6 Å². The molecule has 0 unspecified atom stereocenters. The van der Waals surface area contributed by atoms with Gasteiger partial charge in [-0.25, -0.2) is 18.6 Å². The number of fused-ring (bicyclic) bond motifs is 1. The lowest BCUT2D eigenvalue weighted by atomic mass is 10.0. The van der Waals surface area contributed by atoms with E-state index >= 15 is 0 Å². The molecular formula is C22H14F2N2O3. The highest BCUT2D eigenvalue weighted by Gasteiger charge is 2.17. The molecule has 0 aliphatic rings. The summed E-state index contributed by atoms with van der Waals surface area (Å²) >= 11 is 0. The third-order valence-corrected chi connectivity index (χ3v) is 4.51. The number of aromatic carboxylic acids is 1. The van der Waals surface area contributed by atoms with Crippen molar-refractivity contribution >= 4 is 16.9 Å². The summed E-state index contributed by atoms with van der Waals surface area (Å²) in [4.78, 5) is 20.4. The van der Waals surface area contributed by atoms with Crippen LogP contribution >= 0.6 is 0 Å². The first-order valence-electron chi connectivity index (χ1n) is 8.61. The molecule has 0 fully saturated rings. The Hall–Kier alpha value is -3.87. The SMILES string of the molecule is COc1cc(-c2cc(C(=O)O)c3cc(F)ccc3n2)ncc1-c1ccccc1F. The molecule has 0 spiro atoms. The molecule has 2 heterocycles. The molecule has 144 valence electrons. The molecule has 0 saturated carbocycles. The molecule has 4 aromatic rings. The molecule has 0 atom stereocenters. The second-order valence-electron chi connectivity index (χ2n) is 6.27. The predicted molar refractivity (Wildman–Crippen MR) is 104 cm³/mol. The van der Waals surface area contributed by atoms with Crippen molar-refractivity contribution < 1.29 is 23.4 Å². The van der Waals surface area contributed by atoms with Crippen LogP contribution in [0.25, 0.3) is 33.4 Å². The number of carbonyl (C=O) groups is 1. The Morgan fingerprint density at radius 2 is 1.79 bits per heavy atom. The van der Waals surface area contributed by atoms with Crippen LogP contribution in [0.3, 0.4) is 0 Å². The first-order valence-corrected chi connectivity index (χ1v) is 8.61. The third kappa shape index (κ3) is 3.38. The Morgan fingerprint density at radius 1 is 1.00 bits per heavy atom. The van der Waals surface area contributed by atoms with E-state index in [1.165, 1.54) is 37.6 Å². The van der Waals surface area contributed by atoms with Gasteiger partial charge in [0.25, 0.3) is 0 Å². The highest BCUT2D eigenvalue weighted by molar-refractivity contribution is 6.03. The number of benzene rings is 2. The molecule has 2 aromatic carbocycles. The molecule has 2 aromatic heterocycles. The van der Waals surface area contributed by atoms with Crippen LogP contribution in [0.4, 0.5) is 8.78 Å². The number of hydrogen-bond donors (Lipinski definition) is 1. The Morgan fingerprint density at radius 3 is 2.52 bits per heavy atom. The lowest BCUT2D eigenvalue weighted by Gasteiger charge is -2.12. The van der Waals surface area contributed by atoms with Gasteiger partial charge in [-0.2, -0.15) is 0 Å². The molecule has 0 radical (unpaired) electrons. The minimum absolute atomic E-state index is 0.0940.